The van der Waals surface area contributed by atoms with Gasteiger partial charge in [0.05, 0.1) is 0 Å². The van der Waals surface area contributed by atoms with Crippen molar-refractivity contribution in [1.29, 1.82) is 5.26 Å². The van der Waals surface area contributed by atoms with Crippen LogP contribution in [0.4, 0.5) is 4.79 Å². The summed E-state index contributed by atoms with van der Waals surface area (Å²) < 4.78 is 6.97. The molecule has 0 aromatic carbocycles. The molecule has 0 unspecified atom stereocenters. The number of nitrogens with zero attached hydrogens (tertiary/aromatic N) is 1. The van der Waals surface area contributed by atoms with Crippen LogP contribution in [-0.2, 0) is 4.74 Å². The van der Waals surface area contributed by atoms with Crippen LogP contribution < -0.4 is 0 Å². The first-order valence-corrected chi connectivity index (χ1v) is 11.0. The first kappa shape index (κ1) is 13.9. The second kappa shape index (κ2) is 5.42. The molecule has 16 heavy (non-hydrogen) atoms. The average molecular weight is 386 g/mol. The molecule has 0 N–H and O–H groups in total. The van der Waals surface area contributed by atoms with Crippen LogP contribution in [0.3, 0.4) is 0 Å². The summed E-state index contributed by atoms with van der Waals surface area (Å²) in [6.07, 6.45) is 3.65. The van der Waals surface area contributed by atoms with Gasteiger partial charge in [0, 0.05) is 0 Å². The third-order valence-electron chi connectivity index (χ3n) is 2.08. The second-order valence-corrected chi connectivity index (χ2v) is 12.8. The number of nitriles is 1. The van der Waals surface area contributed by atoms with Crippen molar-refractivity contribution in [3.05, 3.63) is 18.8 Å². The van der Waals surface area contributed by atoms with Gasteiger partial charge in [0.15, 0.2) is 0 Å². The molecule has 1 aliphatic rings. The molecular weight excluding hydrogens is 373 g/mol. The van der Waals surface area contributed by atoms with Gasteiger partial charge in [-0.05, 0) is 0 Å². The summed E-state index contributed by atoms with van der Waals surface area (Å²) in [6.45, 7) is 5.54. The summed E-state index contributed by atoms with van der Waals surface area (Å²) in [5, 5.41) is 9.64. The Bertz CT molecular complexity index is 401. The van der Waals surface area contributed by atoms with Gasteiger partial charge >= 0.3 is 112 Å². The van der Waals surface area contributed by atoms with E-state index in [9.17, 15) is 4.79 Å². The summed E-state index contributed by atoms with van der Waals surface area (Å²) in [5.41, 5.74) is -0.478. The zero-order valence-corrected chi connectivity index (χ0v) is 14.5. The molecule has 0 saturated carbocycles. The third-order valence-corrected chi connectivity index (χ3v) is 12.1. The number of halogens is 1. The Kier molecular flexibility index (Phi) is 4.69. The van der Waals surface area contributed by atoms with Crippen LogP contribution in [0, 0.1) is 11.3 Å². The van der Waals surface area contributed by atoms with Crippen molar-refractivity contribution >= 4 is 41.1 Å². The molecule has 1 aliphatic heterocycles. The van der Waals surface area contributed by atoms with E-state index in [1.54, 1.807) is 6.08 Å². The van der Waals surface area contributed by atoms with Crippen LogP contribution in [0.2, 0.25) is 0 Å². The van der Waals surface area contributed by atoms with Gasteiger partial charge in [-0.3, -0.25) is 0 Å². The Labute approximate surface area is 112 Å². The molecule has 0 radical (unpaired) electrons. The maximum atomic E-state index is 12.0. The van der Waals surface area contributed by atoms with Gasteiger partial charge in [0.25, 0.3) is 0 Å². The second-order valence-electron chi connectivity index (χ2n) is 4.58. The van der Waals surface area contributed by atoms with Gasteiger partial charge in [-0.25, -0.2) is 0 Å². The fraction of sp³-hybridized carbons (Fsp3) is 0.455. The quantitative estimate of drug-likeness (QED) is 0.687. The topological polar surface area (TPSA) is 50.1 Å². The maximum absolute atomic E-state index is 12.0. The van der Waals surface area contributed by atoms with Crippen molar-refractivity contribution in [2.24, 2.45) is 0 Å². The van der Waals surface area contributed by atoms with Gasteiger partial charge in [0.2, 0.25) is 0 Å². The third kappa shape index (κ3) is 3.39. The van der Waals surface area contributed by atoms with E-state index in [1.165, 1.54) is 0 Å². The summed E-state index contributed by atoms with van der Waals surface area (Å²) in [5.74, 6) is 0. The first-order valence-electron chi connectivity index (χ1n) is 4.98. The monoisotopic (exact) mass is 385 g/mol. The molecule has 1 heterocycles. The molecule has 1 rings (SSSR count). The zero-order valence-electron chi connectivity index (χ0n) is 9.58. The number of alkyl halides is 1. The Balaban J connectivity index is 2.86. The fourth-order valence-electron chi connectivity index (χ4n) is 1.45. The molecule has 0 spiro atoms. The van der Waals surface area contributed by atoms with Crippen molar-refractivity contribution in [1.82, 2.24) is 0 Å². The number of hydrogen-bond donors (Lipinski definition) is 0. The van der Waals surface area contributed by atoms with Crippen molar-refractivity contribution in [2.45, 2.75) is 26.4 Å². The molecule has 0 aromatic heterocycles. The van der Waals surface area contributed by atoms with E-state index in [-0.39, 0.29) is 3.73 Å². The van der Waals surface area contributed by atoms with Crippen molar-refractivity contribution in [3.63, 3.8) is 0 Å². The summed E-state index contributed by atoms with van der Waals surface area (Å²) >= 11 is 0.528. The normalized spacial score (nSPS) is 15.3. The molecule has 0 aromatic rings. The summed E-state index contributed by atoms with van der Waals surface area (Å²) in [4.78, 5) is 12.0. The molecule has 3 nitrogen and oxygen atoms in total. The number of hydrogen-bond acceptors (Lipinski definition) is 3. The predicted molar refractivity (Wildman–Crippen MR) is 67.6 cm³/mol. The van der Waals surface area contributed by atoms with E-state index in [0.29, 0.717) is 8.66 Å². The van der Waals surface area contributed by atoms with Gasteiger partial charge in [-0.1, -0.05) is 0 Å². The molecule has 0 amide bonds. The van der Waals surface area contributed by atoms with E-state index in [1.807, 2.05) is 26.8 Å². The Morgan fingerprint density at radius 2 is 2.19 bits per heavy atom. The number of rotatable bonds is 2. The SMILES string of the molecule is CC(C)(C)O[C](=O)[In]1[C](C#N)=CC=[C]1CBr. The van der Waals surface area contributed by atoms with Crippen LogP contribution >= 0.6 is 15.9 Å². The van der Waals surface area contributed by atoms with E-state index in [4.69, 9.17) is 10.00 Å². The van der Waals surface area contributed by atoms with E-state index >= 15 is 0 Å². The molecule has 0 bridgehead atoms. The van der Waals surface area contributed by atoms with Crippen molar-refractivity contribution in [3.8, 4) is 6.07 Å². The first-order chi connectivity index (χ1) is 7.39. The minimum atomic E-state index is -2.83. The number of carbonyl (C=O) groups excluding carboxylic acids is 1. The molecule has 0 saturated heterocycles. The molecule has 0 atom stereocenters. The molecule has 84 valence electrons. The minimum absolute atomic E-state index is 0.148. The molecule has 0 aliphatic carbocycles. The zero-order chi connectivity index (χ0) is 12.3. The van der Waals surface area contributed by atoms with E-state index in [0.717, 1.165) is 3.33 Å². The Hall–Kier alpha value is -0.210. The molecule has 5 heteroatoms. The van der Waals surface area contributed by atoms with Gasteiger partial charge in [0.1, 0.15) is 0 Å². The van der Waals surface area contributed by atoms with Crippen LogP contribution in [-0.4, -0.2) is 36.1 Å². The van der Waals surface area contributed by atoms with Gasteiger partial charge in [-0.15, -0.1) is 0 Å². The number of allylic oxidation sites excluding steroid dienone is 4. The Morgan fingerprint density at radius 3 is 2.62 bits per heavy atom. The predicted octanol–water partition coefficient (Wildman–Crippen LogP) is 2.86. The molecule has 0 fully saturated rings. The van der Waals surface area contributed by atoms with E-state index in [2.05, 4.69) is 22.0 Å². The number of carbonyl (C=O) groups is 1. The standard InChI is InChI=1S/C6H4BrN.C5H9O2.In/c7-5-3-1-2-4-6-8;1-5(2,3)7-4-6;/h1-2H,5H2;1-3H3;. The fourth-order valence-corrected chi connectivity index (χ4v) is 10.3. The van der Waals surface area contributed by atoms with E-state index < -0.39 is 27.0 Å². The van der Waals surface area contributed by atoms with Crippen LogP contribution in [0.15, 0.2) is 18.8 Å². The van der Waals surface area contributed by atoms with Crippen LogP contribution in [0.25, 0.3) is 0 Å². The molecular formula is C11H13BrInNO2. The summed E-state index contributed by atoms with van der Waals surface area (Å²) in [6, 6.07) is 2.13. The van der Waals surface area contributed by atoms with Crippen LogP contribution in [0.5, 0.6) is 0 Å². The van der Waals surface area contributed by atoms with Crippen molar-refractivity contribution in [2.75, 3.05) is 5.33 Å². The number of ether oxygens (including phenoxy) is 1. The van der Waals surface area contributed by atoms with Crippen molar-refractivity contribution < 1.29 is 9.53 Å². The Morgan fingerprint density at radius 1 is 1.56 bits per heavy atom. The van der Waals surface area contributed by atoms with Gasteiger partial charge < -0.3 is 0 Å². The average Bonchev–Trinajstić information content (AvgIpc) is 2.57. The summed E-state index contributed by atoms with van der Waals surface area (Å²) in [7, 11) is 0. The van der Waals surface area contributed by atoms with Crippen LogP contribution in [0.1, 0.15) is 20.8 Å². The van der Waals surface area contributed by atoms with Gasteiger partial charge in [-0.2, -0.15) is 0 Å².